The fourth-order valence-corrected chi connectivity index (χ4v) is 5.28. The highest BCUT2D eigenvalue weighted by Crippen LogP contribution is 2.29. The molecule has 2 aliphatic rings. The van der Waals surface area contributed by atoms with E-state index in [1.54, 1.807) is 28.6 Å². The van der Waals surface area contributed by atoms with Gasteiger partial charge in [0.2, 0.25) is 11.9 Å². The third-order valence-electron chi connectivity index (χ3n) is 6.14. The molecule has 3 N–H and O–H groups in total. The van der Waals surface area contributed by atoms with Crippen LogP contribution in [-0.4, -0.2) is 92.7 Å². The molecular weight excluding hydrogens is 456 g/mol. The molecule has 0 saturated carbocycles. The van der Waals surface area contributed by atoms with Crippen LogP contribution in [-0.2, 0) is 16.1 Å². The maximum atomic E-state index is 12.0. The molecule has 0 spiro atoms. The summed E-state index contributed by atoms with van der Waals surface area (Å²) in [6.45, 7) is 7.06. The van der Waals surface area contributed by atoms with E-state index in [0.717, 1.165) is 35.4 Å². The number of hydrogen-bond acceptors (Lipinski definition) is 11. The van der Waals surface area contributed by atoms with Crippen LogP contribution in [0.2, 0.25) is 0 Å². The fourth-order valence-electron chi connectivity index (χ4n) is 4.27. The molecule has 3 aromatic rings. The first-order chi connectivity index (χ1) is 16.5. The molecule has 1 unspecified atom stereocenters. The van der Waals surface area contributed by atoms with Gasteiger partial charge in [0.15, 0.2) is 0 Å². The van der Waals surface area contributed by atoms with Crippen molar-refractivity contribution in [2.75, 3.05) is 56.5 Å². The molecule has 0 aliphatic carbocycles. The number of piperazine rings is 1. The number of anilines is 2. The zero-order chi connectivity index (χ0) is 23.7. The van der Waals surface area contributed by atoms with E-state index in [0.29, 0.717) is 38.7 Å². The number of carbonyl (C=O) groups excluding carboxylic acids is 1. The normalized spacial score (nSPS) is 20.6. The lowest BCUT2D eigenvalue weighted by atomic mass is 10.1. The number of fused-ring (bicyclic) bond motifs is 1. The summed E-state index contributed by atoms with van der Waals surface area (Å²) in [6.07, 6.45) is 4.19. The average molecular weight is 485 g/mol. The van der Waals surface area contributed by atoms with Crippen LogP contribution in [0.15, 0.2) is 24.7 Å². The third-order valence-corrected chi connectivity index (χ3v) is 7.19. The number of amides is 1. The Hall–Kier alpha value is -2.93. The Morgan fingerprint density at radius 1 is 1.21 bits per heavy atom. The maximum Gasteiger partial charge on any atom is 0.251 e. The highest BCUT2D eigenvalue weighted by Gasteiger charge is 2.26. The van der Waals surface area contributed by atoms with Gasteiger partial charge in [-0.3, -0.25) is 9.69 Å². The highest BCUT2D eigenvalue weighted by atomic mass is 32.1. The van der Waals surface area contributed by atoms with Crippen molar-refractivity contribution < 1.29 is 14.6 Å². The Morgan fingerprint density at radius 2 is 1.97 bits per heavy atom. The Bertz CT molecular complexity index is 1150. The van der Waals surface area contributed by atoms with Crippen molar-refractivity contribution in [3.63, 3.8) is 0 Å². The fraction of sp³-hybridized carbons (Fsp3) is 0.500. The number of rotatable bonds is 5. The van der Waals surface area contributed by atoms with Crippen LogP contribution in [0.3, 0.4) is 0 Å². The van der Waals surface area contributed by atoms with Crippen LogP contribution >= 0.6 is 11.3 Å². The van der Waals surface area contributed by atoms with Gasteiger partial charge >= 0.3 is 0 Å². The number of carbonyl (C=O) groups is 1. The van der Waals surface area contributed by atoms with Crippen molar-refractivity contribution in [1.82, 2.24) is 29.7 Å². The van der Waals surface area contributed by atoms with Gasteiger partial charge in [-0.05, 0) is 13.0 Å². The number of aromatic nitrogens is 4. The largest absolute Gasteiger partial charge is 0.384 e. The maximum absolute atomic E-state index is 12.0. The Morgan fingerprint density at radius 3 is 2.71 bits per heavy atom. The monoisotopic (exact) mass is 484 g/mol. The lowest BCUT2D eigenvalue weighted by Crippen LogP contribution is -2.50. The molecule has 2 fully saturated rings. The van der Waals surface area contributed by atoms with Crippen molar-refractivity contribution in [2.24, 2.45) is 0 Å². The van der Waals surface area contributed by atoms with E-state index < -0.39 is 6.10 Å². The molecule has 180 valence electrons. The minimum atomic E-state index is -0.941. The molecule has 0 bridgehead atoms. The average Bonchev–Trinajstić information content (AvgIpc) is 3.26. The van der Waals surface area contributed by atoms with Crippen molar-refractivity contribution in [3.8, 4) is 0 Å². The third kappa shape index (κ3) is 4.94. The van der Waals surface area contributed by atoms with Crippen LogP contribution in [0.25, 0.3) is 10.2 Å². The molecule has 5 heterocycles. The van der Waals surface area contributed by atoms with Gasteiger partial charge in [-0.1, -0.05) is 0 Å². The standard InChI is InChI=1S/C22H28N8O3S/c1-14(31)20(32)29-4-2-28(3-5-29)12-16-8-17-19(34-16)11-26-22(27-17)30-6-7-33-18(13-30)15-9-24-21(23)25-10-15/h8-11,14,18,31H,2-7,12-13H2,1H3,(H2,23,24,25)/t14?,18-/m1/s1. The number of aliphatic hydroxyl groups is 1. The number of morpholine rings is 1. The second-order valence-electron chi connectivity index (χ2n) is 8.59. The first kappa shape index (κ1) is 22.8. The van der Waals surface area contributed by atoms with Gasteiger partial charge in [0.25, 0.3) is 5.91 Å². The van der Waals surface area contributed by atoms with E-state index in [1.807, 2.05) is 6.20 Å². The van der Waals surface area contributed by atoms with Crippen LogP contribution in [0, 0.1) is 0 Å². The van der Waals surface area contributed by atoms with E-state index >= 15 is 0 Å². The Balaban J connectivity index is 1.23. The predicted molar refractivity (Wildman–Crippen MR) is 128 cm³/mol. The predicted octanol–water partition coefficient (Wildman–Crippen LogP) is 0.666. The summed E-state index contributed by atoms with van der Waals surface area (Å²) in [5.74, 6) is 0.735. The summed E-state index contributed by atoms with van der Waals surface area (Å²) in [6, 6.07) is 2.13. The van der Waals surface area contributed by atoms with E-state index in [9.17, 15) is 9.90 Å². The Kier molecular flexibility index (Phi) is 6.55. The van der Waals surface area contributed by atoms with Crippen LogP contribution in [0.4, 0.5) is 11.9 Å². The molecule has 2 aliphatic heterocycles. The van der Waals surface area contributed by atoms with Gasteiger partial charge in [-0.25, -0.2) is 19.9 Å². The van der Waals surface area contributed by atoms with Gasteiger partial charge in [0, 0.05) is 62.1 Å². The summed E-state index contributed by atoms with van der Waals surface area (Å²) in [4.78, 5) is 37.0. The first-order valence-electron chi connectivity index (χ1n) is 11.3. The van der Waals surface area contributed by atoms with E-state index in [2.05, 4.69) is 30.8 Å². The summed E-state index contributed by atoms with van der Waals surface area (Å²) >= 11 is 1.70. The molecule has 11 nitrogen and oxygen atoms in total. The zero-order valence-corrected chi connectivity index (χ0v) is 19.8. The van der Waals surface area contributed by atoms with E-state index in [4.69, 9.17) is 15.5 Å². The lowest BCUT2D eigenvalue weighted by molar-refractivity contribution is -0.141. The minimum absolute atomic E-state index is 0.161. The molecule has 0 aromatic carbocycles. The molecule has 2 atom stereocenters. The molecule has 12 heteroatoms. The van der Waals surface area contributed by atoms with Crippen molar-refractivity contribution in [1.29, 1.82) is 0 Å². The second kappa shape index (κ2) is 9.74. The van der Waals surface area contributed by atoms with Crippen molar-refractivity contribution >= 4 is 39.4 Å². The number of nitrogens with two attached hydrogens (primary N) is 1. The number of aliphatic hydroxyl groups excluding tert-OH is 1. The quantitative estimate of drug-likeness (QED) is 0.532. The summed E-state index contributed by atoms with van der Waals surface area (Å²) in [5, 5.41) is 9.52. The van der Waals surface area contributed by atoms with Gasteiger partial charge < -0.3 is 25.4 Å². The number of nitrogens with zero attached hydrogens (tertiary/aromatic N) is 7. The van der Waals surface area contributed by atoms with Gasteiger partial charge in [-0.15, -0.1) is 11.3 Å². The lowest BCUT2D eigenvalue weighted by Gasteiger charge is -2.35. The first-order valence-corrected chi connectivity index (χ1v) is 12.2. The van der Waals surface area contributed by atoms with Crippen LogP contribution in [0.5, 0.6) is 0 Å². The number of hydrogen-bond donors (Lipinski definition) is 2. The molecule has 34 heavy (non-hydrogen) atoms. The van der Waals surface area contributed by atoms with Crippen LogP contribution in [0.1, 0.15) is 23.5 Å². The summed E-state index contributed by atoms with van der Waals surface area (Å²) in [7, 11) is 0. The van der Waals surface area contributed by atoms with E-state index in [1.165, 1.54) is 11.8 Å². The van der Waals surface area contributed by atoms with Crippen LogP contribution < -0.4 is 10.6 Å². The molecular formula is C22H28N8O3S. The highest BCUT2D eigenvalue weighted by molar-refractivity contribution is 7.18. The number of ether oxygens (including phenoxy) is 1. The topological polar surface area (TPSA) is 134 Å². The summed E-state index contributed by atoms with van der Waals surface area (Å²) in [5.41, 5.74) is 7.42. The number of thiophene rings is 1. The van der Waals surface area contributed by atoms with Gasteiger partial charge in [-0.2, -0.15) is 0 Å². The molecule has 0 radical (unpaired) electrons. The van der Waals surface area contributed by atoms with Crippen molar-refractivity contribution in [3.05, 3.63) is 35.1 Å². The SMILES string of the molecule is CC(O)C(=O)N1CCN(Cc2cc3nc(N4CCO[C@@H](c5cnc(N)nc5)C4)ncc3s2)CC1. The minimum Gasteiger partial charge on any atom is -0.384 e. The molecule has 3 aromatic heterocycles. The zero-order valence-electron chi connectivity index (χ0n) is 19.0. The van der Waals surface area contributed by atoms with Gasteiger partial charge in [0.1, 0.15) is 12.2 Å². The smallest absolute Gasteiger partial charge is 0.251 e. The van der Waals surface area contributed by atoms with Gasteiger partial charge in [0.05, 0.1) is 29.6 Å². The van der Waals surface area contributed by atoms with Crippen molar-refractivity contribution in [2.45, 2.75) is 25.7 Å². The number of nitrogen functional groups attached to an aromatic ring is 1. The molecule has 1 amide bonds. The second-order valence-corrected chi connectivity index (χ2v) is 9.76. The molecule has 2 saturated heterocycles. The molecule has 5 rings (SSSR count). The Labute approximate surface area is 201 Å². The summed E-state index contributed by atoms with van der Waals surface area (Å²) < 4.78 is 6.96. The van der Waals surface area contributed by atoms with E-state index in [-0.39, 0.29) is 18.0 Å².